The predicted octanol–water partition coefficient (Wildman–Crippen LogP) is 3.18. The van der Waals surface area contributed by atoms with Gasteiger partial charge < -0.3 is 10.3 Å². The van der Waals surface area contributed by atoms with Crippen molar-refractivity contribution in [2.45, 2.75) is 6.54 Å². The van der Waals surface area contributed by atoms with Crippen molar-refractivity contribution >= 4 is 16.6 Å². The number of H-pyrrole nitrogens is 1. The molecule has 0 bridgehead atoms. The third-order valence-corrected chi connectivity index (χ3v) is 2.75. The molecule has 0 radical (unpaired) electrons. The number of hydrogen-bond donors (Lipinski definition) is 2. The van der Waals surface area contributed by atoms with E-state index in [1.165, 1.54) is 5.69 Å². The van der Waals surface area contributed by atoms with Crippen molar-refractivity contribution in [3.63, 3.8) is 0 Å². The maximum Gasteiger partial charge on any atom is 0.0703 e. The van der Waals surface area contributed by atoms with E-state index in [0.29, 0.717) is 0 Å². The molecule has 0 saturated heterocycles. The number of hydrogen-bond acceptors (Lipinski definition) is 2. The number of nitrogens with zero attached hydrogens (tertiary/aromatic N) is 1. The van der Waals surface area contributed by atoms with Crippen LogP contribution in [0.5, 0.6) is 0 Å². The number of fused-ring (bicyclic) bond motifs is 1. The zero-order chi connectivity index (χ0) is 11.5. The van der Waals surface area contributed by atoms with Crippen LogP contribution in [0, 0.1) is 0 Å². The highest BCUT2D eigenvalue weighted by Crippen LogP contribution is 2.17. The molecule has 0 amide bonds. The van der Waals surface area contributed by atoms with Crippen LogP contribution in [0.3, 0.4) is 0 Å². The molecule has 0 aliphatic rings. The van der Waals surface area contributed by atoms with Crippen LogP contribution in [0.15, 0.2) is 54.9 Å². The SMILES string of the molecule is c1c[nH]c(CNc2ccc3ncccc3c2)c1. The highest BCUT2D eigenvalue weighted by Gasteiger charge is 1.97. The Kier molecular flexibility index (Phi) is 2.50. The predicted molar refractivity (Wildman–Crippen MR) is 69.9 cm³/mol. The van der Waals surface area contributed by atoms with E-state index < -0.39 is 0 Å². The lowest BCUT2D eigenvalue weighted by atomic mass is 10.2. The Balaban J connectivity index is 1.81. The Hall–Kier alpha value is -2.29. The lowest BCUT2D eigenvalue weighted by Gasteiger charge is -2.06. The quantitative estimate of drug-likeness (QED) is 0.716. The van der Waals surface area contributed by atoms with E-state index in [1.54, 1.807) is 0 Å². The van der Waals surface area contributed by atoms with Gasteiger partial charge in [-0.2, -0.15) is 0 Å². The Morgan fingerprint density at radius 1 is 1.12 bits per heavy atom. The third-order valence-electron chi connectivity index (χ3n) is 2.75. The van der Waals surface area contributed by atoms with E-state index in [1.807, 2.05) is 30.6 Å². The van der Waals surface area contributed by atoms with Crippen molar-refractivity contribution in [1.82, 2.24) is 9.97 Å². The molecular weight excluding hydrogens is 210 g/mol. The van der Waals surface area contributed by atoms with Crippen molar-refractivity contribution < 1.29 is 0 Å². The first-order valence-electron chi connectivity index (χ1n) is 5.63. The lowest BCUT2D eigenvalue weighted by Crippen LogP contribution is -1.99. The van der Waals surface area contributed by atoms with E-state index in [2.05, 4.69) is 39.6 Å². The second-order valence-electron chi connectivity index (χ2n) is 3.96. The number of rotatable bonds is 3. The van der Waals surface area contributed by atoms with Crippen molar-refractivity contribution in [2.75, 3.05) is 5.32 Å². The normalized spacial score (nSPS) is 10.6. The fourth-order valence-corrected chi connectivity index (χ4v) is 1.86. The van der Waals surface area contributed by atoms with Crippen molar-refractivity contribution in [1.29, 1.82) is 0 Å². The lowest BCUT2D eigenvalue weighted by molar-refractivity contribution is 1.07. The van der Waals surface area contributed by atoms with Crippen LogP contribution in [0.2, 0.25) is 0 Å². The Morgan fingerprint density at radius 3 is 3.00 bits per heavy atom. The molecule has 0 aliphatic carbocycles. The molecular formula is C14H13N3. The molecule has 3 aromatic rings. The smallest absolute Gasteiger partial charge is 0.0703 e. The number of nitrogens with one attached hydrogen (secondary N) is 2. The van der Waals surface area contributed by atoms with E-state index >= 15 is 0 Å². The van der Waals surface area contributed by atoms with Crippen LogP contribution in [0.25, 0.3) is 10.9 Å². The minimum Gasteiger partial charge on any atom is -0.379 e. The van der Waals surface area contributed by atoms with Crippen LogP contribution in [-0.2, 0) is 6.54 Å². The van der Waals surface area contributed by atoms with Gasteiger partial charge in [0.15, 0.2) is 0 Å². The summed E-state index contributed by atoms with van der Waals surface area (Å²) in [6.07, 6.45) is 3.75. The molecule has 0 unspecified atom stereocenters. The van der Waals surface area contributed by atoms with Crippen LogP contribution in [0.1, 0.15) is 5.69 Å². The van der Waals surface area contributed by atoms with Gasteiger partial charge in [-0.25, -0.2) is 0 Å². The maximum absolute atomic E-state index is 4.30. The molecule has 17 heavy (non-hydrogen) atoms. The number of aromatic amines is 1. The number of aromatic nitrogens is 2. The highest BCUT2D eigenvalue weighted by molar-refractivity contribution is 5.82. The molecule has 0 saturated carbocycles. The van der Waals surface area contributed by atoms with Gasteiger partial charge in [-0.3, -0.25) is 4.98 Å². The second kappa shape index (κ2) is 4.29. The number of benzene rings is 1. The summed E-state index contributed by atoms with van der Waals surface area (Å²) in [7, 11) is 0. The molecule has 2 N–H and O–H groups in total. The molecule has 0 spiro atoms. The minimum absolute atomic E-state index is 0.804. The summed E-state index contributed by atoms with van der Waals surface area (Å²) in [5.41, 5.74) is 3.31. The molecule has 3 heteroatoms. The Bertz CT molecular complexity index is 614. The summed E-state index contributed by atoms with van der Waals surface area (Å²) in [6.45, 7) is 0.804. The fraction of sp³-hybridized carbons (Fsp3) is 0.0714. The standard InChI is InChI=1S/C14H13N3/c1-3-11-9-12(5-6-14(11)16-8-1)17-10-13-4-2-7-15-13/h1-9,15,17H,10H2. The monoisotopic (exact) mass is 223 g/mol. The van der Waals surface area contributed by atoms with E-state index in [0.717, 1.165) is 23.1 Å². The van der Waals surface area contributed by atoms with Gasteiger partial charge in [0.25, 0.3) is 0 Å². The van der Waals surface area contributed by atoms with Gasteiger partial charge in [-0.1, -0.05) is 6.07 Å². The largest absolute Gasteiger partial charge is 0.379 e. The molecule has 84 valence electrons. The summed E-state index contributed by atoms with van der Waals surface area (Å²) in [5.74, 6) is 0. The number of anilines is 1. The van der Waals surface area contributed by atoms with Gasteiger partial charge in [0.05, 0.1) is 12.1 Å². The third kappa shape index (κ3) is 2.13. The van der Waals surface area contributed by atoms with Gasteiger partial charge in [-0.05, 0) is 36.4 Å². The first-order chi connectivity index (χ1) is 8.42. The molecule has 3 nitrogen and oxygen atoms in total. The summed E-state index contributed by atoms with van der Waals surface area (Å²) >= 11 is 0. The molecule has 0 aliphatic heterocycles. The van der Waals surface area contributed by atoms with Gasteiger partial charge in [0.2, 0.25) is 0 Å². The first kappa shape index (κ1) is 9.90. The molecule has 0 atom stereocenters. The van der Waals surface area contributed by atoms with Crippen molar-refractivity contribution in [3.05, 3.63) is 60.6 Å². The zero-order valence-electron chi connectivity index (χ0n) is 9.35. The van der Waals surface area contributed by atoms with E-state index in [-0.39, 0.29) is 0 Å². The molecule has 3 rings (SSSR count). The van der Waals surface area contributed by atoms with Crippen LogP contribution in [-0.4, -0.2) is 9.97 Å². The van der Waals surface area contributed by atoms with Crippen molar-refractivity contribution in [3.8, 4) is 0 Å². The minimum atomic E-state index is 0.804. The maximum atomic E-state index is 4.30. The van der Waals surface area contributed by atoms with Crippen LogP contribution < -0.4 is 5.32 Å². The van der Waals surface area contributed by atoms with E-state index in [4.69, 9.17) is 0 Å². The van der Waals surface area contributed by atoms with Gasteiger partial charge in [0.1, 0.15) is 0 Å². The highest BCUT2D eigenvalue weighted by atomic mass is 14.9. The summed E-state index contributed by atoms with van der Waals surface area (Å²) in [5, 5.41) is 4.54. The zero-order valence-corrected chi connectivity index (χ0v) is 9.35. The molecule has 0 fully saturated rings. The van der Waals surface area contributed by atoms with Crippen LogP contribution >= 0.6 is 0 Å². The second-order valence-corrected chi connectivity index (χ2v) is 3.96. The Labute approximate surface area is 99.5 Å². The average Bonchev–Trinajstić information content (AvgIpc) is 2.89. The fourth-order valence-electron chi connectivity index (χ4n) is 1.86. The summed E-state index contributed by atoms with van der Waals surface area (Å²) < 4.78 is 0. The first-order valence-corrected chi connectivity index (χ1v) is 5.63. The van der Waals surface area contributed by atoms with Crippen molar-refractivity contribution in [2.24, 2.45) is 0 Å². The molecule has 2 aromatic heterocycles. The number of pyridine rings is 1. The molecule has 2 heterocycles. The topological polar surface area (TPSA) is 40.7 Å². The summed E-state index contributed by atoms with van der Waals surface area (Å²) in [4.78, 5) is 7.47. The van der Waals surface area contributed by atoms with Gasteiger partial charge in [0, 0.05) is 29.2 Å². The van der Waals surface area contributed by atoms with Gasteiger partial charge >= 0.3 is 0 Å². The van der Waals surface area contributed by atoms with E-state index in [9.17, 15) is 0 Å². The molecule has 1 aromatic carbocycles. The van der Waals surface area contributed by atoms with Gasteiger partial charge in [-0.15, -0.1) is 0 Å². The average molecular weight is 223 g/mol. The summed E-state index contributed by atoms with van der Waals surface area (Å²) in [6, 6.07) is 14.3. The van der Waals surface area contributed by atoms with Crippen LogP contribution in [0.4, 0.5) is 5.69 Å². The Morgan fingerprint density at radius 2 is 2.12 bits per heavy atom.